The molecule has 0 bridgehead atoms. The number of amides is 1. The lowest BCUT2D eigenvalue weighted by Crippen LogP contribution is -2.44. The van der Waals surface area contributed by atoms with Crippen LogP contribution in [0.5, 0.6) is 0 Å². The van der Waals surface area contributed by atoms with Crippen LogP contribution in [-0.2, 0) is 11.2 Å². The molecule has 1 aromatic carbocycles. The van der Waals surface area contributed by atoms with E-state index in [2.05, 4.69) is 24.4 Å². The molecule has 1 heterocycles. The van der Waals surface area contributed by atoms with Gasteiger partial charge in [-0.1, -0.05) is 19.9 Å². The molecular weight excluding hydrogens is 200 g/mol. The number of carbonyl (C=O) groups is 1. The Morgan fingerprint density at radius 3 is 2.75 bits per heavy atom. The zero-order chi connectivity index (χ0) is 11.7. The Morgan fingerprint density at radius 1 is 1.38 bits per heavy atom. The fourth-order valence-electron chi connectivity index (χ4n) is 2.09. The lowest BCUT2D eigenvalue weighted by molar-refractivity contribution is -0.119. The first-order chi connectivity index (χ1) is 7.67. The van der Waals surface area contributed by atoms with E-state index in [0.29, 0.717) is 0 Å². The number of likely N-dealkylation sites (N-methyl/N-ethyl adjacent to an activating group) is 1. The van der Waals surface area contributed by atoms with E-state index in [4.69, 9.17) is 0 Å². The van der Waals surface area contributed by atoms with E-state index < -0.39 is 0 Å². The summed E-state index contributed by atoms with van der Waals surface area (Å²) < 4.78 is 0. The maximum absolute atomic E-state index is 11.9. The molecular formula is C13H18N2O. The molecule has 0 radical (unpaired) electrons. The van der Waals surface area contributed by atoms with Gasteiger partial charge in [0.25, 0.3) is 0 Å². The van der Waals surface area contributed by atoms with Crippen molar-refractivity contribution in [1.29, 1.82) is 0 Å². The first kappa shape index (κ1) is 11.0. The molecule has 0 aliphatic carbocycles. The molecule has 0 aromatic heterocycles. The van der Waals surface area contributed by atoms with Crippen molar-refractivity contribution in [2.24, 2.45) is 0 Å². The van der Waals surface area contributed by atoms with E-state index in [9.17, 15) is 4.79 Å². The molecule has 1 amide bonds. The van der Waals surface area contributed by atoms with Crippen LogP contribution >= 0.6 is 0 Å². The molecule has 1 atom stereocenters. The zero-order valence-corrected chi connectivity index (χ0v) is 10.1. The molecule has 1 aliphatic heterocycles. The van der Waals surface area contributed by atoms with Crippen LogP contribution in [0.15, 0.2) is 18.2 Å². The van der Waals surface area contributed by atoms with Crippen molar-refractivity contribution in [2.45, 2.75) is 32.7 Å². The topological polar surface area (TPSA) is 32.3 Å². The average molecular weight is 218 g/mol. The summed E-state index contributed by atoms with van der Waals surface area (Å²) in [5, 5.41) is 3.31. The van der Waals surface area contributed by atoms with Crippen LogP contribution < -0.4 is 10.2 Å². The highest BCUT2D eigenvalue weighted by Gasteiger charge is 2.28. The maximum Gasteiger partial charge on any atom is 0.249 e. The van der Waals surface area contributed by atoms with Crippen LogP contribution in [0.3, 0.4) is 0 Å². The van der Waals surface area contributed by atoms with E-state index in [1.54, 1.807) is 4.90 Å². The van der Waals surface area contributed by atoms with Crippen molar-refractivity contribution >= 4 is 17.3 Å². The second kappa shape index (κ2) is 4.16. The molecule has 3 heteroatoms. The second-order valence-electron chi connectivity index (χ2n) is 4.21. The summed E-state index contributed by atoms with van der Waals surface area (Å²) in [6, 6.07) is 6.16. The van der Waals surface area contributed by atoms with Crippen molar-refractivity contribution in [2.75, 3.05) is 17.3 Å². The molecule has 0 saturated carbocycles. The van der Waals surface area contributed by atoms with Gasteiger partial charge in [-0.3, -0.25) is 4.79 Å². The quantitative estimate of drug-likeness (QED) is 0.826. The standard InChI is InChI=1S/C13H18N2O/c1-4-9-6-7-12-11(8-9)14-10(5-2)13(16)15(12)3/h6-8,10,14H,4-5H2,1-3H3. The van der Waals surface area contributed by atoms with Crippen molar-refractivity contribution in [3.05, 3.63) is 23.8 Å². The predicted molar refractivity (Wildman–Crippen MR) is 66.9 cm³/mol. The van der Waals surface area contributed by atoms with Crippen molar-refractivity contribution in [3.8, 4) is 0 Å². The van der Waals surface area contributed by atoms with Gasteiger partial charge < -0.3 is 10.2 Å². The Balaban J connectivity index is 2.42. The van der Waals surface area contributed by atoms with E-state index in [1.807, 2.05) is 20.0 Å². The largest absolute Gasteiger partial charge is 0.372 e. The van der Waals surface area contributed by atoms with Gasteiger partial charge in [0.15, 0.2) is 0 Å². The second-order valence-corrected chi connectivity index (χ2v) is 4.21. The summed E-state index contributed by atoms with van der Waals surface area (Å²) in [5.41, 5.74) is 3.35. The number of anilines is 2. The van der Waals surface area contributed by atoms with Crippen LogP contribution in [0.1, 0.15) is 25.8 Å². The molecule has 0 spiro atoms. The number of fused-ring (bicyclic) bond motifs is 1. The van der Waals surface area contributed by atoms with Gasteiger partial charge in [0.1, 0.15) is 6.04 Å². The molecule has 3 nitrogen and oxygen atoms in total. The van der Waals surface area contributed by atoms with Crippen LogP contribution in [0.25, 0.3) is 0 Å². The summed E-state index contributed by atoms with van der Waals surface area (Å²) in [4.78, 5) is 13.7. The molecule has 0 saturated heterocycles. The van der Waals surface area contributed by atoms with Gasteiger partial charge in [-0.2, -0.15) is 0 Å². The van der Waals surface area contributed by atoms with E-state index >= 15 is 0 Å². The fraction of sp³-hybridized carbons (Fsp3) is 0.462. The molecule has 1 N–H and O–H groups in total. The predicted octanol–water partition coefficient (Wildman–Crippen LogP) is 2.42. The Labute approximate surface area is 96.5 Å². The van der Waals surface area contributed by atoms with Gasteiger partial charge in [0.2, 0.25) is 5.91 Å². The maximum atomic E-state index is 11.9. The van der Waals surface area contributed by atoms with Crippen molar-refractivity contribution in [3.63, 3.8) is 0 Å². The normalized spacial score (nSPS) is 19.3. The number of benzene rings is 1. The van der Waals surface area contributed by atoms with Crippen LogP contribution in [0, 0.1) is 0 Å². The summed E-state index contributed by atoms with van der Waals surface area (Å²) >= 11 is 0. The van der Waals surface area contributed by atoms with Crippen LogP contribution in [-0.4, -0.2) is 19.0 Å². The van der Waals surface area contributed by atoms with Crippen molar-refractivity contribution < 1.29 is 4.79 Å². The number of aryl methyl sites for hydroxylation is 1. The third-order valence-corrected chi connectivity index (χ3v) is 3.20. The molecule has 1 unspecified atom stereocenters. The highest BCUT2D eigenvalue weighted by Crippen LogP contribution is 2.32. The summed E-state index contributed by atoms with van der Waals surface area (Å²) in [7, 11) is 1.84. The summed E-state index contributed by atoms with van der Waals surface area (Å²) in [6.07, 6.45) is 1.84. The van der Waals surface area contributed by atoms with E-state index in [1.165, 1.54) is 5.56 Å². The number of nitrogens with zero attached hydrogens (tertiary/aromatic N) is 1. The Hall–Kier alpha value is -1.51. The van der Waals surface area contributed by atoms with Crippen LogP contribution in [0.4, 0.5) is 11.4 Å². The van der Waals surface area contributed by atoms with Gasteiger partial charge in [-0.05, 0) is 30.5 Å². The third kappa shape index (κ3) is 1.66. The fourth-order valence-corrected chi connectivity index (χ4v) is 2.09. The SMILES string of the molecule is CCc1ccc2c(c1)NC(CC)C(=O)N2C. The van der Waals surface area contributed by atoms with Crippen LogP contribution in [0.2, 0.25) is 0 Å². The minimum Gasteiger partial charge on any atom is -0.372 e. The zero-order valence-electron chi connectivity index (χ0n) is 10.1. The number of hydrogen-bond acceptors (Lipinski definition) is 2. The molecule has 1 aromatic rings. The van der Waals surface area contributed by atoms with E-state index in [-0.39, 0.29) is 11.9 Å². The average Bonchev–Trinajstić information content (AvgIpc) is 2.33. The molecule has 1 aliphatic rings. The van der Waals surface area contributed by atoms with Crippen molar-refractivity contribution in [1.82, 2.24) is 0 Å². The van der Waals surface area contributed by atoms with E-state index in [0.717, 1.165) is 24.2 Å². The molecule has 16 heavy (non-hydrogen) atoms. The first-order valence-electron chi connectivity index (χ1n) is 5.84. The summed E-state index contributed by atoms with van der Waals surface area (Å²) in [5.74, 6) is 0.152. The third-order valence-electron chi connectivity index (χ3n) is 3.20. The van der Waals surface area contributed by atoms with Gasteiger partial charge >= 0.3 is 0 Å². The lowest BCUT2D eigenvalue weighted by Gasteiger charge is -2.32. The Bertz CT molecular complexity index is 414. The smallest absolute Gasteiger partial charge is 0.249 e. The monoisotopic (exact) mass is 218 g/mol. The van der Waals surface area contributed by atoms with Gasteiger partial charge in [0, 0.05) is 7.05 Å². The summed E-state index contributed by atoms with van der Waals surface area (Å²) in [6.45, 7) is 4.16. The number of rotatable bonds is 2. The minimum atomic E-state index is -0.0791. The number of nitrogens with one attached hydrogen (secondary N) is 1. The lowest BCUT2D eigenvalue weighted by atomic mass is 10.0. The Morgan fingerprint density at radius 2 is 2.12 bits per heavy atom. The highest BCUT2D eigenvalue weighted by molar-refractivity contribution is 6.04. The molecule has 2 rings (SSSR count). The molecule has 0 fully saturated rings. The molecule has 86 valence electrons. The van der Waals surface area contributed by atoms with Gasteiger partial charge in [-0.25, -0.2) is 0 Å². The van der Waals surface area contributed by atoms with Gasteiger partial charge in [0.05, 0.1) is 11.4 Å². The first-order valence-corrected chi connectivity index (χ1v) is 5.84. The minimum absolute atomic E-state index is 0.0791. The number of carbonyl (C=O) groups excluding carboxylic acids is 1. The highest BCUT2D eigenvalue weighted by atomic mass is 16.2. The number of hydrogen-bond donors (Lipinski definition) is 1. The Kier molecular flexibility index (Phi) is 2.86. The van der Waals surface area contributed by atoms with Gasteiger partial charge in [-0.15, -0.1) is 0 Å².